The second-order valence-electron chi connectivity index (χ2n) is 18.2. The first-order valence-electron chi connectivity index (χ1n) is 20.7. The van der Waals surface area contributed by atoms with Crippen molar-refractivity contribution in [3.8, 4) is 17.2 Å². The van der Waals surface area contributed by atoms with Gasteiger partial charge in [-0.25, -0.2) is 13.6 Å². The minimum atomic E-state index is -1.42. The van der Waals surface area contributed by atoms with E-state index in [9.17, 15) is 28.6 Å². The van der Waals surface area contributed by atoms with E-state index >= 15 is 0 Å². The molecule has 0 aromatic heterocycles. The van der Waals surface area contributed by atoms with Crippen molar-refractivity contribution in [3.63, 3.8) is 0 Å². The molecule has 1 unspecified atom stereocenters. The number of Topliss-reactive ketones (excluding diaryl/α,β-unsaturated/α-hetero) is 1. The highest BCUT2D eigenvalue weighted by Crippen LogP contribution is 2.78. The predicted molar refractivity (Wildman–Crippen MR) is 219 cm³/mol. The summed E-state index contributed by atoms with van der Waals surface area (Å²) in [6.45, 7) is 4.38. The zero-order valence-electron chi connectivity index (χ0n) is 34.0. The summed E-state index contributed by atoms with van der Waals surface area (Å²) in [6, 6.07) is 22.0. The molecule has 2 spiro atoms. The molecular weight excluding hydrogens is 753 g/mol. The second kappa shape index (κ2) is 14.0. The van der Waals surface area contributed by atoms with E-state index in [4.69, 9.17) is 14.2 Å². The van der Waals surface area contributed by atoms with Crippen LogP contribution in [0.4, 0.5) is 13.6 Å². The van der Waals surface area contributed by atoms with Crippen molar-refractivity contribution >= 4 is 22.6 Å². The monoisotopic (exact) mass is 803 g/mol. The third kappa shape index (κ3) is 5.87. The lowest BCUT2D eigenvalue weighted by atomic mass is 9.32. The van der Waals surface area contributed by atoms with Gasteiger partial charge in [-0.15, -0.1) is 0 Å². The number of hydrogen-bond acceptors (Lipinski definition) is 7. The van der Waals surface area contributed by atoms with E-state index in [1.807, 2.05) is 48.5 Å². The largest absolute Gasteiger partial charge is 0.497 e. The molecule has 6 aliphatic rings. The Morgan fingerprint density at radius 3 is 2.29 bits per heavy atom. The Labute approximate surface area is 343 Å². The van der Waals surface area contributed by atoms with Gasteiger partial charge in [-0.05, 0) is 115 Å². The summed E-state index contributed by atoms with van der Waals surface area (Å²) in [6.07, 6.45) is 9.35. The molecular formula is C49H51F2NO7. The van der Waals surface area contributed by atoms with E-state index in [1.54, 1.807) is 37.3 Å². The van der Waals surface area contributed by atoms with Gasteiger partial charge in [0.2, 0.25) is 0 Å². The maximum Gasteiger partial charge on any atom is 0.415 e. The van der Waals surface area contributed by atoms with E-state index in [0.717, 1.165) is 29.3 Å². The number of hydrogen-bond donors (Lipinski definition) is 2. The molecule has 10 heteroatoms. The molecule has 8 atom stereocenters. The number of amides is 1. The molecule has 6 aliphatic carbocycles. The number of ketones is 1. The van der Waals surface area contributed by atoms with Crippen molar-refractivity contribution in [3.05, 3.63) is 125 Å². The standard InChI is InChI=1S/C49H51F2NO7/c1-45-18-15-34(53)26-47(45)21-22-49(37(27-47)43(54)32-11-14-38(50)39(51)24-32)41(45)16-19-46(2)42(49)17-20-48(46,56)29-52(28-33-10-12-35(57-3)25-40(33)58-4)44(55)59-36-13-9-30-7-5-6-8-31(30)23-36/h5-14,21-25,27,34,41-42,53,56H,15-20,26,28-29H2,1-4H3/t34?,41-,42-,45-,46+,47+,48-,49-/m1/s1. The Bertz CT molecular complexity index is 2430. The molecule has 2 N–H and O–H groups in total. The van der Waals surface area contributed by atoms with Crippen LogP contribution in [-0.2, 0) is 6.54 Å². The van der Waals surface area contributed by atoms with E-state index < -0.39 is 45.7 Å². The molecule has 0 saturated heterocycles. The number of carbonyl (C=O) groups excluding carboxylic acids is 2. The number of ether oxygens (including phenoxy) is 3. The zero-order chi connectivity index (χ0) is 41.5. The van der Waals surface area contributed by atoms with Crippen molar-refractivity contribution in [1.82, 2.24) is 4.90 Å². The molecule has 59 heavy (non-hydrogen) atoms. The fourth-order valence-electron chi connectivity index (χ4n) is 12.5. The summed E-state index contributed by atoms with van der Waals surface area (Å²) in [4.78, 5) is 30.9. The van der Waals surface area contributed by atoms with Gasteiger partial charge in [0.15, 0.2) is 17.4 Å². The van der Waals surface area contributed by atoms with Crippen LogP contribution < -0.4 is 14.2 Å². The summed E-state index contributed by atoms with van der Waals surface area (Å²) in [5.74, 6) is -1.26. The zero-order valence-corrected chi connectivity index (χ0v) is 34.0. The van der Waals surface area contributed by atoms with Crippen LogP contribution in [0.5, 0.6) is 17.2 Å². The van der Waals surface area contributed by atoms with Crippen LogP contribution in [0, 0.1) is 45.1 Å². The Morgan fingerprint density at radius 1 is 0.797 bits per heavy atom. The second-order valence-corrected chi connectivity index (χ2v) is 18.2. The Hall–Kier alpha value is -5.06. The minimum Gasteiger partial charge on any atom is -0.497 e. The molecule has 4 aromatic carbocycles. The van der Waals surface area contributed by atoms with Crippen molar-refractivity contribution in [2.75, 3.05) is 20.8 Å². The fourth-order valence-corrected chi connectivity index (χ4v) is 12.5. The number of rotatable bonds is 9. The van der Waals surface area contributed by atoms with Gasteiger partial charge in [-0.1, -0.05) is 62.4 Å². The van der Waals surface area contributed by atoms with Gasteiger partial charge in [-0.3, -0.25) is 4.79 Å². The number of fused-ring (bicyclic) bond motifs is 2. The molecule has 0 heterocycles. The Morgan fingerprint density at radius 2 is 1.53 bits per heavy atom. The van der Waals surface area contributed by atoms with Gasteiger partial charge in [0, 0.05) is 39.0 Å². The highest BCUT2D eigenvalue weighted by atomic mass is 19.2. The van der Waals surface area contributed by atoms with Gasteiger partial charge in [0.05, 0.1) is 39.0 Å². The predicted octanol–water partition coefficient (Wildman–Crippen LogP) is 9.61. The van der Waals surface area contributed by atoms with Crippen molar-refractivity contribution in [1.29, 1.82) is 0 Å². The molecule has 10 rings (SSSR count). The van der Waals surface area contributed by atoms with Crippen LogP contribution in [0.15, 0.2) is 103 Å². The number of nitrogens with zero attached hydrogens (tertiary/aromatic N) is 1. The lowest BCUT2D eigenvalue weighted by Gasteiger charge is -2.71. The Balaban J connectivity index is 1.11. The number of carbonyl (C=O) groups is 2. The van der Waals surface area contributed by atoms with Gasteiger partial charge >= 0.3 is 6.09 Å². The van der Waals surface area contributed by atoms with Crippen LogP contribution in [0.2, 0.25) is 0 Å². The molecule has 2 bridgehead atoms. The third-order valence-corrected chi connectivity index (χ3v) is 15.6. The number of benzene rings is 4. The number of allylic oxidation sites excluding steroid dienone is 4. The molecule has 0 radical (unpaired) electrons. The Kier molecular flexibility index (Phi) is 9.36. The molecule has 3 saturated carbocycles. The van der Waals surface area contributed by atoms with E-state index in [-0.39, 0.29) is 41.7 Å². The molecule has 3 fully saturated rings. The summed E-state index contributed by atoms with van der Waals surface area (Å²) in [5.41, 5.74) is -2.65. The van der Waals surface area contributed by atoms with E-state index in [0.29, 0.717) is 66.9 Å². The maximum atomic E-state index is 14.8. The molecule has 1 amide bonds. The van der Waals surface area contributed by atoms with Crippen LogP contribution in [0.1, 0.15) is 74.7 Å². The molecule has 308 valence electrons. The van der Waals surface area contributed by atoms with E-state index in [2.05, 4.69) is 26.0 Å². The highest BCUT2D eigenvalue weighted by molar-refractivity contribution is 6.10. The van der Waals surface area contributed by atoms with Crippen LogP contribution in [0.25, 0.3) is 10.8 Å². The normalized spacial score (nSPS) is 32.7. The van der Waals surface area contributed by atoms with Gasteiger partial charge in [0.1, 0.15) is 17.2 Å². The average Bonchev–Trinajstić information content (AvgIpc) is 3.50. The summed E-state index contributed by atoms with van der Waals surface area (Å²) in [7, 11) is 3.13. The number of halogens is 2. The average molecular weight is 804 g/mol. The third-order valence-electron chi connectivity index (χ3n) is 15.6. The van der Waals surface area contributed by atoms with E-state index in [1.165, 1.54) is 6.07 Å². The first-order chi connectivity index (χ1) is 28.2. The lowest BCUT2D eigenvalue weighted by Crippen LogP contribution is -2.67. The number of methoxy groups -OCH3 is 2. The van der Waals surface area contributed by atoms with Gasteiger partial charge in [0.25, 0.3) is 0 Å². The van der Waals surface area contributed by atoms with Gasteiger partial charge in [-0.2, -0.15) is 0 Å². The van der Waals surface area contributed by atoms with Crippen molar-refractivity contribution in [2.45, 2.75) is 77.0 Å². The van der Waals surface area contributed by atoms with Crippen molar-refractivity contribution < 1.29 is 42.8 Å². The quantitative estimate of drug-likeness (QED) is 0.128. The fraction of sp³-hybridized carbons (Fsp3) is 0.429. The smallest absolute Gasteiger partial charge is 0.415 e. The minimum absolute atomic E-state index is 0.0142. The topological polar surface area (TPSA) is 106 Å². The van der Waals surface area contributed by atoms with Crippen LogP contribution in [0.3, 0.4) is 0 Å². The summed E-state index contributed by atoms with van der Waals surface area (Å²) in [5, 5.41) is 26.2. The van der Waals surface area contributed by atoms with Crippen LogP contribution >= 0.6 is 0 Å². The summed E-state index contributed by atoms with van der Waals surface area (Å²) < 4.78 is 46.2. The molecule has 0 aliphatic heterocycles. The van der Waals surface area contributed by atoms with Crippen LogP contribution in [-0.4, -0.2) is 59.5 Å². The molecule has 8 nitrogen and oxygen atoms in total. The number of aliphatic hydroxyl groups excluding tert-OH is 1. The SMILES string of the molecule is COc1ccc(CN(C[C@]2(O)CC[C@H]3[C@]45C=C[C@@]6(C=C4C(=O)c4ccc(F)c(F)c4)CC(O)CC[C@]6(C)[C@H]5CC[C@@]32C)C(=O)Oc2ccc3ccccc3c2)c(OC)c1. The maximum absolute atomic E-state index is 14.8. The summed E-state index contributed by atoms with van der Waals surface area (Å²) >= 11 is 0. The first kappa shape index (κ1) is 39.4. The van der Waals surface area contributed by atoms with Gasteiger partial charge < -0.3 is 29.3 Å². The van der Waals surface area contributed by atoms with Crippen molar-refractivity contribution in [2.24, 2.45) is 33.5 Å². The lowest BCUT2D eigenvalue weighted by molar-refractivity contribution is -0.175. The number of aliphatic hydroxyl groups is 2. The first-order valence-corrected chi connectivity index (χ1v) is 20.7. The molecule has 4 aromatic rings. The highest BCUT2D eigenvalue weighted by Gasteiger charge is 2.74.